The summed E-state index contributed by atoms with van der Waals surface area (Å²) >= 11 is 7.06. The van der Waals surface area contributed by atoms with Gasteiger partial charge in [0.1, 0.15) is 11.6 Å². The van der Waals surface area contributed by atoms with Gasteiger partial charge in [0, 0.05) is 12.0 Å². The number of halogens is 3. The lowest BCUT2D eigenvalue weighted by Gasteiger charge is -2.11. The van der Waals surface area contributed by atoms with Gasteiger partial charge in [-0.1, -0.05) is 36.4 Å². The first-order valence-corrected chi connectivity index (χ1v) is 11.0. The minimum absolute atomic E-state index is 0.0785. The zero-order valence-electron chi connectivity index (χ0n) is 16.1. The topological polar surface area (TPSA) is 47.9 Å². The minimum Gasteiger partial charge on any atom is -0.491 e. The van der Waals surface area contributed by atoms with Gasteiger partial charge in [-0.2, -0.15) is 0 Å². The molecule has 1 aliphatic rings. The van der Waals surface area contributed by atoms with Crippen molar-refractivity contribution in [1.29, 1.82) is 0 Å². The summed E-state index contributed by atoms with van der Waals surface area (Å²) in [6.45, 7) is 0.523. The van der Waals surface area contributed by atoms with Crippen molar-refractivity contribution in [2.45, 2.75) is 6.42 Å². The number of carbonyl (C=O) groups is 1. The largest absolute Gasteiger partial charge is 0.491 e. The molecule has 4 rings (SSSR count). The molecule has 0 N–H and O–H groups in total. The molecule has 0 aliphatic carbocycles. The Morgan fingerprint density at radius 2 is 1.74 bits per heavy atom. The molecular weight excluding hydrogens is 529 g/mol. The molecule has 0 spiro atoms. The smallest absolute Gasteiger partial charge is 0.363 e. The predicted molar refractivity (Wildman–Crippen MR) is 124 cm³/mol. The second-order valence-electron chi connectivity index (χ2n) is 6.74. The lowest BCUT2D eigenvalue weighted by atomic mass is 10.1. The lowest BCUT2D eigenvalue weighted by molar-refractivity contribution is -0.129. The standard InChI is InChI=1S/C24H16Br2FNO3/c25-19-11-16(12-20(26)22(19)30-10-9-15-5-2-1-3-6-15)13-21-24(29)31-23(28-21)17-7-4-8-18(27)14-17/h1-8,11-14H,9-10H2/b21-13-. The summed E-state index contributed by atoms with van der Waals surface area (Å²) in [6, 6.07) is 19.5. The second kappa shape index (κ2) is 9.58. The molecule has 0 unspecified atom stereocenters. The van der Waals surface area contributed by atoms with Gasteiger partial charge in [0.15, 0.2) is 5.70 Å². The van der Waals surface area contributed by atoms with Crippen LogP contribution in [-0.4, -0.2) is 18.5 Å². The third-order valence-electron chi connectivity index (χ3n) is 4.50. The Morgan fingerprint density at radius 1 is 1.00 bits per heavy atom. The Kier molecular flexibility index (Phi) is 6.63. The van der Waals surface area contributed by atoms with E-state index in [9.17, 15) is 9.18 Å². The highest BCUT2D eigenvalue weighted by molar-refractivity contribution is 9.11. The molecule has 3 aromatic carbocycles. The molecule has 1 heterocycles. The van der Waals surface area contributed by atoms with Gasteiger partial charge in [0.2, 0.25) is 5.90 Å². The third-order valence-corrected chi connectivity index (χ3v) is 5.67. The maximum atomic E-state index is 13.4. The van der Waals surface area contributed by atoms with Crippen molar-refractivity contribution < 1.29 is 18.7 Å². The van der Waals surface area contributed by atoms with Crippen LogP contribution < -0.4 is 4.74 Å². The summed E-state index contributed by atoms with van der Waals surface area (Å²) in [5, 5.41) is 0. The first-order chi connectivity index (χ1) is 15.0. The number of hydrogen-bond donors (Lipinski definition) is 0. The average molecular weight is 545 g/mol. The number of ether oxygens (including phenoxy) is 2. The van der Waals surface area contributed by atoms with Crippen molar-refractivity contribution >= 4 is 49.8 Å². The fourth-order valence-corrected chi connectivity index (χ4v) is 4.48. The zero-order chi connectivity index (χ0) is 21.8. The van der Waals surface area contributed by atoms with Crippen LogP contribution in [0.1, 0.15) is 16.7 Å². The molecule has 156 valence electrons. The minimum atomic E-state index is -0.588. The van der Waals surface area contributed by atoms with Crippen molar-refractivity contribution in [2.75, 3.05) is 6.61 Å². The third kappa shape index (κ3) is 5.29. The van der Waals surface area contributed by atoms with Crippen LogP contribution in [0.25, 0.3) is 6.08 Å². The van der Waals surface area contributed by atoms with Gasteiger partial charge in [0.05, 0.1) is 15.6 Å². The summed E-state index contributed by atoms with van der Waals surface area (Å²) < 4.78 is 26.0. The van der Waals surface area contributed by atoms with Crippen molar-refractivity contribution in [3.05, 3.63) is 104 Å². The Labute approximate surface area is 195 Å². The molecule has 0 saturated carbocycles. The molecule has 3 aromatic rings. The van der Waals surface area contributed by atoms with Gasteiger partial charge in [0.25, 0.3) is 0 Å². The van der Waals surface area contributed by atoms with E-state index < -0.39 is 11.8 Å². The number of cyclic esters (lactones) is 1. The zero-order valence-corrected chi connectivity index (χ0v) is 19.3. The van der Waals surface area contributed by atoms with E-state index in [1.807, 2.05) is 30.3 Å². The SMILES string of the molecule is O=C1OC(c2cccc(F)c2)=N/C1=C\c1cc(Br)c(OCCc2ccccc2)c(Br)c1. The summed E-state index contributed by atoms with van der Waals surface area (Å²) in [7, 11) is 0. The number of carbonyl (C=O) groups excluding carboxylic acids is 1. The van der Waals surface area contributed by atoms with E-state index in [1.165, 1.54) is 23.8 Å². The summed E-state index contributed by atoms with van der Waals surface area (Å²) in [6.07, 6.45) is 2.40. The van der Waals surface area contributed by atoms with Crippen LogP contribution in [-0.2, 0) is 16.0 Å². The van der Waals surface area contributed by atoms with Crippen LogP contribution in [0, 0.1) is 5.82 Å². The van der Waals surface area contributed by atoms with Crippen molar-refractivity contribution in [3.8, 4) is 5.75 Å². The monoisotopic (exact) mass is 543 g/mol. The molecule has 0 amide bonds. The molecule has 7 heteroatoms. The van der Waals surface area contributed by atoms with Gasteiger partial charge < -0.3 is 9.47 Å². The van der Waals surface area contributed by atoms with Gasteiger partial charge in [-0.15, -0.1) is 0 Å². The van der Waals surface area contributed by atoms with Crippen molar-refractivity contribution in [2.24, 2.45) is 4.99 Å². The van der Waals surface area contributed by atoms with Crippen molar-refractivity contribution in [1.82, 2.24) is 0 Å². The Morgan fingerprint density at radius 3 is 2.45 bits per heavy atom. The number of rotatable bonds is 6. The predicted octanol–water partition coefficient (Wildman–Crippen LogP) is 6.32. The molecule has 0 aromatic heterocycles. The van der Waals surface area contributed by atoms with E-state index >= 15 is 0 Å². The van der Waals surface area contributed by atoms with Crippen LogP contribution in [0.15, 0.2) is 86.4 Å². The normalized spacial score (nSPS) is 14.5. The molecule has 0 saturated heterocycles. The van der Waals surface area contributed by atoms with E-state index in [0.29, 0.717) is 17.9 Å². The number of hydrogen-bond acceptors (Lipinski definition) is 4. The van der Waals surface area contributed by atoms with Gasteiger partial charge >= 0.3 is 5.97 Å². The molecular formula is C24H16Br2FNO3. The maximum Gasteiger partial charge on any atom is 0.363 e. The Hall–Kier alpha value is -2.77. The molecule has 1 aliphatic heterocycles. The Bertz CT molecular complexity index is 1170. The number of aliphatic imine (C=N–C) groups is 1. The summed E-state index contributed by atoms with van der Waals surface area (Å²) in [5.74, 6) is -0.259. The van der Waals surface area contributed by atoms with E-state index in [4.69, 9.17) is 9.47 Å². The number of esters is 1. The first kappa shape index (κ1) is 21.5. The molecule has 4 nitrogen and oxygen atoms in total. The van der Waals surface area contributed by atoms with E-state index in [-0.39, 0.29) is 11.6 Å². The van der Waals surface area contributed by atoms with E-state index in [0.717, 1.165) is 20.9 Å². The highest BCUT2D eigenvalue weighted by Crippen LogP contribution is 2.36. The van der Waals surface area contributed by atoms with Crippen LogP contribution >= 0.6 is 31.9 Å². The quantitative estimate of drug-likeness (QED) is 0.269. The van der Waals surface area contributed by atoms with Crippen LogP contribution in [0.4, 0.5) is 4.39 Å². The second-order valence-corrected chi connectivity index (χ2v) is 8.45. The van der Waals surface area contributed by atoms with Crippen LogP contribution in [0.2, 0.25) is 0 Å². The highest BCUT2D eigenvalue weighted by atomic mass is 79.9. The number of benzene rings is 3. The lowest BCUT2D eigenvalue weighted by Crippen LogP contribution is -2.05. The van der Waals surface area contributed by atoms with Gasteiger partial charge in [-0.05, 0) is 79.4 Å². The fourth-order valence-electron chi connectivity index (χ4n) is 3.03. The number of nitrogens with zero attached hydrogens (tertiary/aromatic N) is 1. The van der Waals surface area contributed by atoms with E-state index in [2.05, 4.69) is 49.0 Å². The first-order valence-electron chi connectivity index (χ1n) is 9.44. The molecule has 0 bridgehead atoms. The molecule has 0 fully saturated rings. The molecule has 0 radical (unpaired) electrons. The summed E-state index contributed by atoms with van der Waals surface area (Å²) in [4.78, 5) is 16.4. The maximum absolute atomic E-state index is 13.4. The van der Waals surface area contributed by atoms with Crippen molar-refractivity contribution in [3.63, 3.8) is 0 Å². The van der Waals surface area contributed by atoms with Gasteiger partial charge in [-0.3, -0.25) is 0 Å². The molecule has 31 heavy (non-hydrogen) atoms. The van der Waals surface area contributed by atoms with Crippen LogP contribution in [0.3, 0.4) is 0 Å². The van der Waals surface area contributed by atoms with Gasteiger partial charge in [-0.25, -0.2) is 14.2 Å². The Balaban J connectivity index is 1.51. The summed E-state index contributed by atoms with van der Waals surface area (Å²) in [5.41, 5.74) is 2.46. The van der Waals surface area contributed by atoms with Crippen LogP contribution in [0.5, 0.6) is 5.75 Å². The highest BCUT2D eigenvalue weighted by Gasteiger charge is 2.24. The fraction of sp³-hybridized carbons (Fsp3) is 0.0833. The molecule has 0 atom stereocenters. The average Bonchev–Trinajstić information content (AvgIpc) is 3.11. The van der Waals surface area contributed by atoms with E-state index in [1.54, 1.807) is 12.1 Å².